The summed E-state index contributed by atoms with van der Waals surface area (Å²) in [6, 6.07) is 0.501. The average molecular weight is 294 g/mol. The summed E-state index contributed by atoms with van der Waals surface area (Å²) in [6.45, 7) is 1.97. The molecular formula is C16H26N2O3. The highest BCUT2D eigenvalue weighted by Crippen LogP contribution is 2.36. The standard InChI is InChI=1S/C16H26N2O3/c19-15(20)13-7-3-9-17(11-13)16(21)18-10-4-8-14(18)12-5-1-2-6-12/h12-14H,1-11H2,(H,19,20)/t13-,14?/m1/s1. The summed E-state index contributed by atoms with van der Waals surface area (Å²) in [5, 5.41) is 9.18. The summed E-state index contributed by atoms with van der Waals surface area (Å²) in [6.07, 6.45) is 8.85. The number of hydrogen-bond donors (Lipinski definition) is 1. The molecule has 3 fully saturated rings. The van der Waals surface area contributed by atoms with Gasteiger partial charge in [0.05, 0.1) is 5.92 Å². The van der Waals surface area contributed by atoms with E-state index in [2.05, 4.69) is 4.90 Å². The number of amides is 2. The van der Waals surface area contributed by atoms with Crippen molar-refractivity contribution in [3.8, 4) is 0 Å². The van der Waals surface area contributed by atoms with Gasteiger partial charge in [0.1, 0.15) is 0 Å². The molecule has 2 atom stereocenters. The first-order valence-corrected chi connectivity index (χ1v) is 8.45. The number of rotatable bonds is 2. The van der Waals surface area contributed by atoms with Gasteiger partial charge >= 0.3 is 12.0 Å². The number of carboxylic acid groups (broad SMARTS) is 1. The Morgan fingerprint density at radius 3 is 2.33 bits per heavy atom. The first-order valence-electron chi connectivity index (χ1n) is 8.45. The molecule has 118 valence electrons. The minimum absolute atomic E-state index is 0.0929. The zero-order valence-electron chi connectivity index (χ0n) is 12.7. The maximum atomic E-state index is 12.8. The van der Waals surface area contributed by atoms with Gasteiger partial charge in [0.25, 0.3) is 0 Å². The molecule has 1 N–H and O–H groups in total. The highest BCUT2D eigenvalue weighted by molar-refractivity contribution is 5.77. The normalized spacial score (nSPS) is 30.9. The van der Waals surface area contributed by atoms with Crippen LogP contribution in [-0.4, -0.2) is 52.6 Å². The summed E-state index contributed by atoms with van der Waals surface area (Å²) in [5.41, 5.74) is 0. The maximum Gasteiger partial charge on any atom is 0.320 e. The van der Waals surface area contributed by atoms with E-state index in [1.165, 1.54) is 25.7 Å². The third kappa shape index (κ3) is 3.01. The van der Waals surface area contributed by atoms with E-state index in [4.69, 9.17) is 0 Å². The lowest BCUT2D eigenvalue weighted by Crippen LogP contribution is -2.51. The first-order chi connectivity index (χ1) is 10.2. The highest BCUT2D eigenvalue weighted by Gasteiger charge is 2.39. The second-order valence-corrected chi connectivity index (χ2v) is 6.85. The van der Waals surface area contributed by atoms with Gasteiger partial charge in [-0.3, -0.25) is 4.79 Å². The Hall–Kier alpha value is -1.26. The third-order valence-electron chi connectivity index (χ3n) is 5.53. The maximum absolute atomic E-state index is 12.8. The van der Waals surface area contributed by atoms with Crippen molar-refractivity contribution in [1.29, 1.82) is 0 Å². The van der Waals surface area contributed by atoms with Gasteiger partial charge in [-0.15, -0.1) is 0 Å². The highest BCUT2D eigenvalue weighted by atomic mass is 16.4. The van der Waals surface area contributed by atoms with Crippen LogP contribution < -0.4 is 0 Å². The van der Waals surface area contributed by atoms with Crippen LogP contribution in [0.3, 0.4) is 0 Å². The van der Waals surface area contributed by atoms with Crippen LogP contribution in [0.25, 0.3) is 0 Å². The first kappa shape index (κ1) is 14.7. The number of carbonyl (C=O) groups excluding carboxylic acids is 1. The fourth-order valence-corrected chi connectivity index (χ4v) is 4.40. The van der Waals surface area contributed by atoms with Crippen molar-refractivity contribution >= 4 is 12.0 Å². The molecule has 1 unspecified atom stereocenters. The molecule has 0 aromatic rings. The fraction of sp³-hybridized carbons (Fsp3) is 0.875. The molecule has 2 heterocycles. The number of urea groups is 1. The second-order valence-electron chi connectivity index (χ2n) is 6.85. The Balaban J connectivity index is 1.64. The van der Waals surface area contributed by atoms with Crippen molar-refractivity contribution in [1.82, 2.24) is 9.80 Å². The van der Waals surface area contributed by atoms with Gasteiger partial charge in [-0.2, -0.15) is 0 Å². The van der Waals surface area contributed by atoms with Crippen molar-refractivity contribution in [2.45, 2.75) is 57.4 Å². The molecule has 2 aliphatic heterocycles. The zero-order chi connectivity index (χ0) is 14.8. The van der Waals surface area contributed by atoms with E-state index in [1.807, 2.05) is 0 Å². The summed E-state index contributed by atoms with van der Waals surface area (Å²) in [5.74, 6) is -0.465. The number of hydrogen-bond acceptors (Lipinski definition) is 2. The predicted molar refractivity (Wildman–Crippen MR) is 79.0 cm³/mol. The van der Waals surface area contributed by atoms with Crippen molar-refractivity contribution in [3.63, 3.8) is 0 Å². The van der Waals surface area contributed by atoms with Gasteiger partial charge < -0.3 is 14.9 Å². The Morgan fingerprint density at radius 1 is 0.905 bits per heavy atom. The number of nitrogens with zero attached hydrogens (tertiary/aromatic N) is 2. The van der Waals surface area contributed by atoms with E-state index in [-0.39, 0.29) is 11.9 Å². The van der Waals surface area contributed by atoms with Crippen LogP contribution in [0.4, 0.5) is 4.79 Å². The SMILES string of the molecule is O=C(O)[C@@H]1CCCN(C(=O)N2CCCC2C2CCCC2)C1. The van der Waals surface area contributed by atoms with Gasteiger partial charge in [0, 0.05) is 25.7 Å². The van der Waals surface area contributed by atoms with Gasteiger partial charge in [-0.05, 0) is 44.4 Å². The quantitative estimate of drug-likeness (QED) is 0.851. The number of carbonyl (C=O) groups is 2. The van der Waals surface area contributed by atoms with Crippen LogP contribution in [0.2, 0.25) is 0 Å². The molecule has 0 aromatic heterocycles. The molecule has 21 heavy (non-hydrogen) atoms. The molecule has 0 spiro atoms. The fourth-order valence-electron chi connectivity index (χ4n) is 4.40. The largest absolute Gasteiger partial charge is 0.481 e. The molecule has 0 aromatic carbocycles. The smallest absolute Gasteiger partial charge is 0.320 e. The average Bonchev–Trinajstić information content (AvgIpc) is 3.17. The van der Waals surface area contributed by atoms with E-state index in [1.54, 1.807) is 4.90 Å². The Labute approximate surface area is 126 Å². The number of carboxylic acids is 1. The minimum atomic E-state index is -0.763. The molecule has 5 heteroatoms. The molecule has 2 amide bonds. The van der Waals surface area contributed by atoms with Crippen LogP contribution in [0.5, 0.6) is 0 Å². The van der Waals surface area contributed by atoms with Crippen molar-refractivity contribution in [2.75, 3.05) is 19.6 Å². The lowest BCUT2D eigenvalue weighted by Gasteiger charge is -2.37. The Bertz CT molecular complexity index is 406. The molecule has 0 radical (unpaired) electrons. The lowest BCUT2D eigenvalue weighted by molar-refractivity contribution is -0.143. The monoisotopic (exact) mass is 294 g/mol. The number of piperidine rings is 1. The summed E-state index contributed by atoms with van der Waals surface area (Å²) >= 11 is 0. The molecular weight excluding hydrogens is 268 g/mol. The topological polar surface area (TPSA) is 60.9 Å². The minimum Gasteiger partial charge on any atom is -0.481 e. The molecule has 1 aliphatic carbocycles. The van der Waals surface area contributed by atoms with Crippen molar-refractivity contribution in [2.24, 2.45) is 11.8 Å². The zero-order valence-corrected chi connectivity index (χ0v) is 12.7. The number of likely N-dealkylation sites (tertiary alicyclic amines) is 2. The molecule has 3 aliphatic rings. The van der Waals surface area contributed by atoms with E-state index in [9.17, 15) is 14.7 Å². The van der Waals surface area contributed by atoms with Crippen LogP contribution >= 0.6 is 0 Å². The molecule has 2 saturated heterocycles. The number of aliphatic carboxylic acids is 1. The molecule has 5 nitrogen and oxygen atoms in total. The van der Waals surface area contributed by atoms with Crippen LogP contribution in [0.15, 0.2) is 0 Å². The van der Waals surface area contributed by atoms with Gasteiger partial charge in [0.15, 0.2) is 0 Å². The predicted octanol–water partition coefficient (Wildman–Crippen LogP) is 2.56. The van der Waals surface area contributed by atoms with E-state index < -0.39 is 5.97 Å². The van der Waals surface area contributed by atoms with E-state index >= 15 is 0 Å². The van der Waals surface area contributed by atoms with Crippen LogP contribution in [0, 0.1) is 11.8 Å². The van der Waals surface area contributed by atoms with Crippen LogP contribution in [0.1, 0.15) is 51.4 Å². The van der Waals surface area contributed by atoms with E-state index in [0.717, 1.165) is 32.4 Å². The molecule has 1 saturated carbocycles. The summed E-state index contributed by atoms with van der Waals surface area (Å²) < 4.78 is 0. The lowest BCUT2D eigenvalue weighted by atomic mass is 9.96. The third-order valence-corrected chi connectivity index (χ3v) is 5.53. The van der Waals surface area contributed by atoms with Crippen molar-refractivity contribution < 1.29 is 14.7 Å². The second kappa shape index (κ2) is 6.24. The van der Waals surface area contributed by atoms with Gasteiger partial charge in [0.2, 0.25) is 0 Å². The summed E-state index contributed by atoms with van der Waals surface area (Å²) in [7, 11) is 0. The van der Waals surface area contributed by atoms with Gasteiger partial charge in [-0.1, -0.05) is 12.8 Å². The van der Waals surface area contributed by atoms with Crippen molar-refractivity contribution in [3.05, 3.63) is 0 Å². The Kier molecular flexibility index (Phi) is 4.36. The van der Waals surface area contributed by atoms with E-state index in [0.29, 0.717) is 24.9 Å². The molecule has 3 rings (SSSR count). The Morgan fingerprint density at radius 2 is 1.62 bits per heavy atom. The van der Waals surface area contributed by atoms with Crippen LogP contribution in [-0.2, 0) is 4.79 Å². The van der Waals surface area contributed by atoms with Gasteiger partial charge in [-0.25, -0.2) is 4.79 Å². The molecule has 0 bridgehead atoms. The summed E-state index contributed by atoms with van der Waals surface area (Å²) in [4.78, 5) is 27.8.